The first-order chi connectivity index (χ1) is 10.2. The second kappa shape index (κ2) is 6.59. The highest BCUT2D eigenvalue weighted by molar-refractivity contribution is 9.10. The molecule has 1 fully saturated rings. The molecule has 0 radical (unpaired) electrons. The van der Waals surface area contributed by atoms with Gasteiger partial charge in [-0.2, -0.15) is 0 Å². The standard InChI is InChI=1S/C16H19BrClNO3/c1-16(2,3)22-15(21)19-9-13(20)4-5-14(19)10-6-11(17)8-12(18)7-10/h6-8,14H,4-5,9H2,1-3H3. The van der Waals surface area contributed by atoms with Crippen LogP contribution in [0.2, 0.25) is 5.02 Å². The summed E-state index contributed by atoms with van der Waals surface area (Å²) in [7, 11) is 0. The van der Waals surface area contributed by atoms with Crippen molar-refractivity contribution in [2.45, 2.75) is 45.3 Å². The van der Waals surface area contributed by atoms with E-state index in [0.717, 1.165) is 10.0 Å². The van der Waals surface area contributed by atoms with Gasteiger partial charge >= 0.3 is 6.09 Å². The van der Waals surface area contributed by atoms with Crippen molar-refractivity contribution in [3.8, 4) is 0 Å². The van der Waals surface area contributed by atoms with E-state index < -0.39 is 11.7 Å². The van der Waals surface area contributed by atoms with Crippen molar-refractivity contribution >= 4 is 39.4 Å². The Morgan fingerprint density at radius 3 is 2.64 bits per heavy atom. The van der Waals surface area contributed by atoms with Gasteiger partial charge in [0.15, 0.2) is 5.78 Å². The number of carbonyl (C=O) groups is 2. The number of piperidine rings is 1. The molecular formula is C16H19BrClNO3. The lowest BCUT2D eigenvalue weighted by Crippen LogP contribution is -2.45. The molecule has 0 spiro atoms. The third kappa shape index (κ3) is 4.46. The molecule has 2 rings (SSSR count). The van der Waals surface area contributed by atoms with Crippen molar-refractivity contribution in [1.82, 2.24) is 4.90 Å². The summed E-state index contributed by atoms with van der Waals surface area (Å²) in [6.45, 7) is 5.49. The molecule has 1 atom stereocenters. The zero-order valence-corrected chi connectivity index (χ0v) is 15.2. The van der Waals surface area contributed by atoms with E-state index >= 15 is 0 Å². The molecule has 0 N–H and O–H groups in total. The summed E-state index contributed by atoms with van der Waals surface area (Å²) in [5.41, 5.74) is 0.301. The summed E-state index contributed by atoms with van der Waals surface area (Å²) in [6.07, 6.45) is 0.556. The first kappa shape index (κ1) is 17.3. The number of halogens is 2. The number of ketones is 1. The molecule has 0 saturated carbocycles. The molecule has 1 saturated heterocycles. The molecule has 1 heterocycles. The van der Waals surface area contributed by atoms with Crippen LogP contribution >= 0.6 is 27.5 Å². The zero-order valence-electron chi connectivity index (χ0n) is 12.9. The Morgan fingerprint density at radius 1 is 1.36 bits per heavy atom. The number of carbonyl (C=O) groups excluding carboxylic acids is 2. The van der Waals surface area contributed by atoms with Crippen molar-refractivity contribution in [2.75, 3.05) is 6.54 Å². The molecule has 120 valence electrons. The van der Waals surface area contributed by atoms with Crippen LogP contribution in [-0.4, -0.2) is 28.9 Å². The van der Waals surface area contributed by atoms with E-state index in [4.69, 9.17) is 16.3 Å². The number of nitrogens with zero attached hydrogens (tertiary/aromatic N) is 1. The number of hydrogen-bond donors (Lipinski definition) is 0. The van der Waals surface area contributed by atoms with E-state index in [9.17, 15) is 9.59 Å². The van der Waals surface area contributed by atoms with Gasteiger partial charge in [0.1, 0.15) is 5.60 Å². The number of benzene rings is 1. The van der Waals surface area contributed by atoms with Crippen LogP contribution in [0.15, 0.2) is 22.7 Å². The Hall–Kier alpha value is -1.07. The van der Waals surface area contributed by atoms with Gasteiger partial charge in [0, 0.05) is 15.9 Å². The Kier molecular flexibility index (Phi) is 5.17. The maximum Gasteiger partial charge on any atom is 0.411 e. The molecule has 0 aliphatic carbocycles. The lowest BCUT2D eigenvalue weighted by atomic mass is 9.95. The predicted molar refractivity (Wildman–Crippen MR) is 89.1 cm³/mol. The van der Waals surface area contributed by atoms with Crippen LogP contribution in [0.25, 0.3) is 0 Å². The van der Waals surface area contributed by atoms with Crippen LogP contribution in [0.3, 0.4) is 0 Å². The highest BCUT2D eigenvalue weighted by Gasteiger charge is 2.34. The molecule has 0 bridgehead atoms. The van der Waals surface area contributed by atoms with E-state index in [1.807, 2.05) is 32.9 Å². The van der Waals surface area contributed by atoms with Crippen molar-refractivity contribution in [1.29, 1.82) is 0 Å². The SMILES string of the molecule is CC(C)(C)OC(=O)N1CC(=O)CCC1c1cc(Cl)cc(Br)c1. The van der Waals surface area contributed by atoms with E-state index in [-0.39, 0.29) is 18.4 Å². The van der Waals surface area contributed by atoms with Gasteiger partial charge in [-0.15, -0.1) is 0 Å². The minimum Gasteiger partial charge on any atom is -0.444 e. The van der Waals surface area contributed by atoms with E-state index in [1.165, 1.54) is 4.90 Å². The lowest BCUT2D eigenvalue weighted by Gasteiger charge is -2.36. The number of hydrogen-bond acceptors (Lipinski definition) is 3. The van der Waals surface area contributed by atoms with E-state index in [2.05, 4.69) is 15.9 Å². The molecule has 0 aromatic heterocycles. The topological polar surface area (TPSA) is 46.6 Å². The summed E-state index contributed by atoms with van der Waals surface area (Å²) < 4.78 is 6.27. The number of amides is 1. The molecule has 1 amide bonds. The second-order valence-electron chi connectivity index (χ2n) is 6.40. The van der Waals surface area contributed by atoms with Gasteiger partial charge in [-0.3, -0.25) is 9.69 Å². The fourth-order valence-corrected chi connectivity index (χ4v) is 3.35. The number of ether oxygens (including phenoxy) is 1. The first-order valence-electron chi connectivity index (χ1n) is 7.13. The van der Waals surface area contributed by atoms with Crippen molar-refractivity contribution < 1.29 is 14.3 Å². The molecule has 1 aromatic rings. The van der Waals surface area contributed by atoms with Crippen LogP contribution in [0.4, 0.5) is 4.79 Å². The third-order valence-electron chi connectivity index (χ3n) is 3.32. The summed E-state index contributed by atoms with van der Waals surface area (Å²) in [5, 5.41) is 0.588. The van der Waals surface area contributed by atoms with Gasteiger partial charge in [0.2, 0.25) is 0 Å². The van der Waals surface area contributed by atoms with E-state index in [0.29, 0.717) is 17.9 Å². The lowest BCUT2D eigenvalue weighted by molar-refractivity contribution is -0.123. The normalized spacial score (nSPS) is 19.2. The molecular weight excluding hydrogens is 370 g/mol. The smallest absolute Gasteiger partial charge is 0.411 e. The van der Waals surface area contributed by atoms with Crippen LogP contribution < -0.4 is 0 Å². The third-order valence-corrected chi connectivity index (χ3v) is 3.99. The maximum absolute atomic E-state index is 12.4. The van der Waals surface area contributed by atoms with E-state index in [1.54, 1.807) is 6.07 Å². The van der Waals surface area contributed by atoms with Gasteiger partial charge in [0.25, 0.3) is 0 Å². The zero-order chi connectivity index (χ0) is 16.5. The Balaban J connectivity index is 2.30. The quantitative estimate of drug-likeness (QED) is 0.698. The monoisotopic (exact) mass is 387 g/mol. The molecule has 1 aromatic carbocycles. The maximum atomic E-state index is 12.4. The predicted octanol–water partition coefficient (Wildman–Crippen LogP) is 4.74. The van der Waals surface area contributed by atoms with Crippen LogP contribution in [0, 0.1) is 0 Å². The van der Waals surface area contributed by atoms with Gasteiger partial charge in [-0.25, -0.2) is 4.79 Å². The van der Waals surface area contributed by atoms with Gasteiger partial charge in [-0.05, 0) is 51.0 Å². The second-order valence-corrected chi connectivity index (χ2v) is 7.76. The van der Waals surface area contributed by atoms with Crippen molar-refractivity contribution in [3.63, 3.8) is 0 Å². The molecule has 1 aliphatic rings. The average Bonchev–Trinajstić information content (AvgIpc) is 2.35. The molecule has 22 heavy (non-hydrogen) atoms. The summed E-state index contributed by atoms with van der Waals surface area (Å²) in [6, 6.07) is 5.33. The highest BCUT2D eigenvalue weighted by atomic mass is 79.9. The highest BCUT2D eigenvalue weighted by Crippen LogP contribution is 2.34. The van der Waals surface area contributed by atoms with Gasteiger partial charge in [-0.1, -0.05) is 27.5 Å². The summed E-state index contributed by atoms with van der Waals surface area (Å²) >= 11 is 9.51. The molecule has 1 aliphatic heterocycles. The molecule has 1 unspecified atom stereocenters. The number of rotatable bonds is 1. The van der Waals surface area contributed by atoms with Crippen LogP contribution in [0.1, 0.15) is 45.2 Å². The van der Waals surface area contributed by atoms with Gasteiger partial charge in [0.05, 0.1) is 12.6 Å². The van der Waals surface area contributed by atoms with Crippen molar-refractivity contribution in [2.24, 2.45) is 0 Å². The van der Waals surface area contributed by atoms with Crippen molar-refractivity contribution in [3.05, 3.63) is 33.3 Å². The summed E-state index contributed by atoms with van der Waals surface area (Å²) in [4.78, 5) is 25.7. The van der Waals surface area contributed by atoms with Gasteiger partial charge < -0.3 is 4.74 Å². The average molecular weight is 389 g/mol. The Morgan fingerprint density at radius 2 is 2.05 bits per heavy atom. The number of Topliss-reactive ketones (excluding diaryl/α,β-unsaturated/α-hetero) is 1. The fourth-order valence-electron chi connectivity index (χ4n) is 2.46. The van der Waals surface area contributed by atoms with Crippen LogP contribution in [-0.2, 0) is 9.53 Å². The van der Waals surface area contributed by atoms with Crippen LogP contribution in [0.5, 0.6) is 0 Å². The summed E-state index contributed by atoms with van der Waals surface area (Å²) in [5.74, 6) is 0.0446. The Labute approximate surface area is 143 Å². The largest absolute Gasteiger partial charge is 0.444 e. The fraction of sp³-hybridized carbons (Fsp3) is 0.500. The molecule has 6 heteroatoms. The Bertz CT molecular complexity index is 577. The minimum absolute atomic E-state index is 0.0446. The number of likely N-dealkylation sites (tertiary alicyclic amines) is 1. The minimum atomic E-state index is -0.600. The first-order valence-corrected chi connectivity index (χ1v) is 8.30. The molecule has 4 nitrogen and oxygen atoms in total.